The number of imidazole rings is 1. The number of halogens is 1. The number of phenolic OH excluding ortho intramolecular Hbond substituents is 1. The van der Waals surface area contributed by atoms with Gasteiger partial charge in [0.25, 0.3) is 0 Å². The summed E-state index contributed by atoms with van der Waals surface area (Å²) in [6.45, 7) is 9.98. The molecule has 33 heavy (non-hydrogen) atoms. The zero-order chi connectivity index (χ0) is 22.8. The molecule has 2 N–H and O–H groups in total. The molecule has 0 bridgehead atoms. The van der Waals surface area contributed by atoms with Crippen LogP contribution in [0, 0.1) is 12.4 Å². The fourth-order valence-electron chi connectivity index (χ4n) is 4.49. The number of aromatic hydroxyl groups is 1. The second-order valence-corrected chi connectivity index (χ2v) is 8.41. The third-order valence-corrected chi connectivity index (χ3v) is 6.23. The van der Waals surface area contributed by atoms with Crippen LogP contribution in [-0.2, 0) is 13.1 Å². The van der Waals surface area contributed by atoms with E-state index >= 15 is 0 Å². The lowest BCUT2D eigenvalue weighted by Crippen LogP contribution is -2.32. The van der Waals surface area contributed by atoms with Gasteiger partial charge in [0.15, 0.2) is 0 Å². The maximum Gasteiger partial charge on any atom is 0.222 e. The minimum absolute atomic E-state index is 0.0402. The molecule has 0 amide bonds. The van der Waals surface area contributed by atoms with Crippen molar-refractivity contribution in [1.82, 2.24) is 14.9 Å². The predicted molar refractivity (Wildman–Crippen MR) is 127 cm³/mol. The number of aromatic nitrogens is 2. The van der Waals surface area contributed by atoms with E-state index in [1.54, 1.807) is 18.5 Å². The fourth-order valence-corrected chi connectivity index (χ4v) is 4.49. The van der Waals surface area contributed by atoms with E-state index in [1.807, 2.05) is 22.9 Å². The molecule has 1 atom stereocenters. The van der Waals surface area contributed by atoms with Crippen LogP contribution in [0.5, 0.6) is 5.75 Å². The van der Waals surface area contributed by atoms with Gasteiger partial charge >= 0.3 is 0 Å². The lowest BCUT2D eigenvalue weighted by Gasteiger charge is -2.21. The third kappa shape index (κ3) is 4.38. The molecule has 1 fully saturated rings. The molecule has 1 aliphatic heterocycles. The summed E-state index contributed by atoms with van der Waals surface area (Å²) >= 11 is 0. The van der Waals surface area contributed by atoms with E-state index in [1.165, 1.54) is 12.1 Å². The van der Waals surface area contributed by atoms with Crippen LogP contribution < -0.4 is 10.2 Å². The standard InChI is InChI=1S/C26H24FN5O/c1-28-25-8-5-18(11-24(25)27)15-32-17-29-13-21(32)14-30-20-9-10-31(16-20)26-4-2-3-19-6-7-22(33)12-23(19)26/h2-8,11-13,17,20,30,33H,9-10,14-16H2. The van der Waals surface area contributed by atoms with E-state index in [0.29, 0.717) is 19.1 Å². The summed E-state index contributed by atoms with van der Waals surface area (Å²) < 4.78 is 16.0. The molecule has 0 aliphatic carbocycles. The normalized spacial score (nSPS) is 15.8. The average molecular weight is 442 g/mol. The minimum atomic E-state index is -0.491. The number of phenols is 1. The number of anilines is 1. The van der Waals surface area contributed by atoms with E-state index < -0.39 is 5.82 Å². The van der Waals surface area contributed by atoms with Gasteiger partial charge in [-0.15, -0.1) is 0 Å². The zero-order valence-corrected chi connectivity index (χ0v) is 18.1. The first kappa shape index (κ1) is 21.0. The van der Waals surface area contributed by atoms with Gasteiger partial charge in [0.1, 0.15) is 11.6 Å². The van der Waals surface area contributed by atoms with E-state index in [0.717, 1.165) is 47.2 Å². The summed E-state index contributed by atoms with van der Waals surface area (Å²) in [4.78, 5) is 9.81. The second-order valence-electron chi connectivity index (χ2n) is 8.41. The largest absolute Gasteiger partial charge is 0.508 e. The number of nitrogens with one attached hydrogen (secondary N) is 1. The van der Waals surface area contributed by atoms with Crippen molar-refractivity contribution in [2.24, 2.45) is 0 Å². The molecule has 1 aromatic heterocycles. The Morgan fingerprint density at radius 3 is 2.94 bits per heavy atom. The van der Waals surface area contributed by atoms with Crippen LogP contribution in [-0.4, -0.2) is 33.8 Å². The van der Waals surface area contributed by atoms with Crippen LogP contribution in [0.1, 0.15) is 17.7 Å². The van der Waals surface area contributed by atoms with Crippen molar-refractivity contribution in [3.63, 3.8) is 0 Å². The first-order chi connectivity index (χ1) is 16.1. The molecular formula is C26H24FN5O. The smallest absolute Gasteiger partial charge is 0.222 e. The first-order valence-electron chi connectivity index (χ1n) is 11.0. The van der Waals surface area contributed by atoms with Crippen molar-refractivity contribution in [1.29, 1.82) is 0 Å². The summed E-state index contributed by atoms with van der Waals surface area (Å²) in [7, 11) is 0. The molecule has 1 aliphatic rings. The van der Waals surface area contributed by atoms with Crippen molar-refractivity contribution in [2.45, 2.75) is 25.6 Å². The van der Waals surface area contributed by atoms with Crippen LogP contribution >= 0.6 is 0 Å². The Morgan fingerprint density at radius 1 is 1.18 bits per heavy atom. The second kappa shape index (κ2) is 8.93. The maximum atomic E-state index is 14.0. The summed E-state index contributed by atoms with van der Waals surface area (Å²) in [6, 6.07) is 16.8. The van der Waals surface area contributed by atoms with Crippen LogP contribution in [0.2, 0.25) is 0 Å². The topological polar surface area (TPSA) is 57.7 Å². The number of hydrogen-bond donors (Lipinski definition) is 2. The molecule has 0 spiro atoms. The van der Waals surface area contributed by atoms with Gasteiger partial charge in [-0.25, -0.2) is 14.2 Å². The van der Waals surface area contributed by atoms with E-state index in [9.17, 15) is 9.50 Å². The van der Waals surface area contributed by atoms with E-state index in [-0.39, 0.29) is 11.4 Å². The number of nitrogens with zero attached hydrogens (tertiary/aromatic N) is 4. The van der Waals surface area contributed by atoms with Gasteiger partial charge in [0, 0.05) is 49.5 Å². The molecule has 1 saturated heterocycles. The highest BCUT2D eigenvalue weighted by Gasteiger charge is 2.24. The highest BCUT2D eigenvalue weighted by atomic mass is 19.1. The summed E-state index contributed by atoms with van der Waals surface area (Å²) in [5.41, 5.74) is 3.00. The van der Waals surface area contributed by atoms with Crippen molar-refractivity contribution in [3.05, 3.63) is 95.6 Å². The summed E-state index contributed by atoms with van der Waals surface area (Å²) in [6.07, 6.45) is 4.60. The Balaban J connectivity index is 1.23. The van der Waals surface area contributed by atoms with Crippen molar-refractivity contribution in [2.75, 3.05) is 18.0 Å². The minimum Gasteiger partial charge on any atom is -0.508 e. The Bertz CT molecular complexity index is 1340. The molecule has 166 valence electrons. The lowest BCUT2D eigenvalue weighted by molar-refractivity contribution is 0.476. The highest BCUT2D eigenvalue weighted by molar-refractivity contribution is 5.95. The Morgan fingerprint density at radius 2 is 2.09 bits per heavy atom. The number of hydrogen-bond acceptors (Lipinski definition) is 4. The van der Waals surface area contributed by atoms with Gasteiger partial charge in [-0.2, -0.15) is 0 Å². The predicted octanol–water partition coefficient (Wildman–Crippen LogP) is 4.85. The van der Waals surface area contributed by atoms with Gasteiger partial charge in [-0.1, -0.05) is 30.3 Å². The van der Waals surface area contributed by atoms with Crippen molar-refractivity contribution in [3.8, 4) is 5.75 Å². The van der Waals surface area contributed by atoms with Gasteiger partial charge < -0.3 is 19.9 Å². The molecule has 7 heteroatoms. The molecule has 2 heterocycles. The Labute approximate surface area is 191 Å². The van der Waals surface area contributed by atoms with Gasteiger partial charge in [-0.3, -0.25) is 0 Å². The number of fused-ring (bicyclic) bond motifs is 1. The number of rotatable bonds is 6. The molecule has 0 radical (unpaired) electrons. The molecule has 3 aromatic carbocycles. The number of benzene rings is 3. The molecular weight excluding hydrogens is 417 g/mol. The SMILES string of the molecule is [C-]#[N+]c1ccc(Cn2cncc2CNC2CCN(c3cccc4ccc(O)cc34)C2)cc1F. The van der Waals surface area contributed by atoms with Crippen molar-refractivity contribution < 1.29 is 9.50 Å². The van der Waals surface area contributed by atoms with Gasteiger partial charge in [-0.05, 0) is 41.6 Å². The Hall–Kier alpha value is -3.89. The molecule has 0 saturated carbocycles. The molecule has 4 aromatic rings. The van der Waals surface area contributed by atoms with Crippen LogP contribution in [0.15, 0.2) is 67.1 Å². The van der Waals surface area contributed by atoms with Crippen LogP contribution in [0.3, 0.4) is 0 Å². The fraction of sp³-hybridized carbons (Fsp3) is 0.231. The Kier molecular flexibility index (Phi) is 5.68. The van der Waals surface area contributed by atoms with Gasteiger partial charge in [0.05, 0.1) is 18.6 Å². The van der Waals surface area contributed by atoms with E-state index in [2.05, 4.69) is 38.2 Å². The van der Waals surface area contributed by atoms with Crippen molar-refractivity contribution >= 4 is 22.1 Å². The lowest BCUT2D eigenvalue weighted by atomic mass is 10.1. The zero-order valence-electron chi connectivity index (χ0n) is 18.1. The maximum absolute atomic E-state index is 14.0. The van der Waals surface area contributed by atoms with Crippen LogP contribution in [0.25, 0.3) is 15.6 Å². The highest BCUT2D eigenvalue weighted by Crippen LogP contribution is 2.31. The summed E-state index contributed by atoms with van der Waals surface area (Å²) in [5, 5.41) is 15.8. The molecule has 1 unspecified atom stereocenters. The summed E-state index contributed by atoms with van der Waals surface area (Å²) in [5.74, 6) is -0.212. The molecule has 6 nitrogen and oxygen atoms in total. The quantitative estimate of drug-likeness (QED) is 0.420. The third-order valence-electron chi connectivity index (χ3n) is 6.23. The van der Waals surface area contributed by atoms with E-state index in [4.69, 9.17) is 6.57 Å². The average Bonchev–Trinajstić information content (AvgIpc) is 3.47. The first-order valence-corrected chi connectivity index (χ1v) is 11.0. The molecule has 5 rings (SSSR count). The van der Waals surface area contributed by atoms with Gasteiger partial charge in [0.2, 0.25) is 5.69 Å². The monoisotopic (exact) mass is 441 g/mol. The van der Waals surface area contributed by atoms with Crippen LogP contribution in [0.4, 0.5) is 15.8 Å².